The zero-order valence-corrected chi connectivity index (χ0v) is 26.5. The van der Waals surface area contributed by atoms with E-state index in [0.29, 0.717) is 61.7 Å². The quantitative estimate of drug-likeness (QED) is 0.193. The number of ether oxygens (including phenoxy) is 4. The summed E-state index contributed by atoms with van der Waals surface area (Å²) < 4.78 is 25.2. The molecule has 5 rings (SSSR count). The zero-order valence-electron chi connectivity index (χ0n) is 25.0. The van der Waals surface area contributed by atoms with Crippen molar-refractivity contribution >= 4 is 35.0 Å². The van der Waals surface area contributed by atoms with Crippen molar-refractivity contribution in [3.05, 3.63) is 119 Å². The highest BCUT2D eigenvalue weighted by Crippen LogP contribution is 2.36. The minimum Gasteiger partial charge on any atom is -0.490 e. The van der Waals surface area contributed by atoms with Gasteiger partial charge in [-0.3, -0.25) is 9.36 Å². The molecule has 10 heteroatoms. The lowest BCUT2D eigenvalue weighted by Gasteiger charge is -2.25. The van der Waals surface area contributed by atoms with Crippen molar-refractivity contribution in [2.45, 2.75) is 40.3 Å². The third-order valence-electron chi connectivity index (χ3n) is 6.95. The van der Waals surface area contributed by atoms with Crippen molar-refractivity contribution in [3.63, 3.8) is 0 Å². The third-order valence-corrected chi connectivity index (χ3v) is 8.30. The van der Waals surface area contributed by atoms with Gasteiger partial charge in [0.15, 0.2) is 16.3 Å². The van der Waals surface area contributed by atoms with E-state index >= 15 is 0 Å². The van der Waals surface area contributed by atoms with Gasteiger partial charge in [0.25, 0.3) is 5.56 Å². The summed E-state index contributed by atoms with van der Waals surface area (Å²) in [6, 6.07) is 19.6. The summed E-state index contributed by atoms with van der Waals surface area (Å²) in [5.74, 6) is 1.18. The number of esters is 1. The van der Waals surface area contributed by atoms with Crippen LogP contribution in [0.4, 0.5) is 0 Å². The van der Waals surface area contributed by atoms with Crippen molar-refractivity contribution in [1.29, 1.82) is 0 Å². The summed E-state index contributed by atoms with van der Waals surface area (Å²) in [5.41, 5.74) is 2.73. The Morgan fingerprint density at radius 2 is 1.66 bits per heavy atom. The first-order chi connectivity index (χ1) is 21.4. The monoisotopic (exact) mass is 632 g/mol. The SMILES string of the molecule is CCOC(=O)C1=C(C)N=c2s/c(=C\c3ccccc3OCc3ccccc3Cl)c(=O)n2[C@@H]1c1ccc(OCC)c(OCC)c1. The number of aromatic nitrogens is 1. The molecule has 0 saturated carbocycles. The lowest BCUT2D eigenvalue weighted by Crippen LogP contribution is -2.40. The van der Waals surface area contributed by atoms with Crippen LogP contribution in [0.2, 0.25) is 5.02 Å². The topological polar surface area (TPSA) is 88.4 Å². The molecule has 0 aliphatic carbocycles. The van der Waals surface area contributed by atoms with E-state index in [9.17, 15) is 9.59 Å². The van der Waals surface area contributed by atoms with Crippen molar-refractivity contribution < 1.29 is 23.7 Å². The lowest BCUT2D eigenvalue weighted by molar-refractivity contribution is -0.139. The van der Waals surface area contributed by atoms with Crippen molar-refractivity contribution in [2.75, 3.05) is 19.8 Å². The van der Waals surface area contributed by atoms with E-state index < -0.39 is 12.0 Å². The van der Waals surface area contributed by atoms with Crippen molar-refractivity contribution in [1.82, 2.24) is 4.57 Å². The van der Waals surface area contributed by atoms with Crippen LogP contribution in [0.5, 0.6) is 17.2 Å². The smallest absolute Gasteiger partial charge is 0.338 e. The largest absolute Gasteiger partial charge is 0.490 e. The molecule has 0 N–H and O–H groups in total. The van der Waals surface area contributed by atoms with E-state index in [1.807, 2.05) is 74.5 Å². The van der Waals surface area contributed by atoms with E-state index in [1.165, 1.54) is 11.3 Å². The zero-order chi connectivity index (χ0) is 31.2. The predicted molar refractivity (Wildman–Crippen MR) is 171 cm³/mol. The number of benzene rings is 3. The van der Waals surface area contributed by atoms with Crippen LogP contribution in [0.15, 0.2) is 87.8 Å². The molecule has 1 aliphatic heterocycles. The standard InChI is InChI=1S/C34H33ClN2O6S/c1-5-40-27-17-16-23(18-28(27)41-6-2)31-30(33(39)42-7-3)21(4)36-34-37(31)32(38)29(44-34)19-22-12-9-11-15-26(22)43-20-24-13-8-10-14-25(24)35/h8-19,31H,5-7,20H2,1-4H3/b29-19-/t31-/m1/s1. The Balaban J connectivity index is 1.63. The number of carbonyl (C=O) groups is 1. The first kappa shape index (κ1) is 31.1. The summed E-state index contributed by atoms with van der Waals surface area (Å²) >= 11 is 7.57. The maximum absolute atomic E-state index is 14.1. The summed E-state index contributed by atoms with van der Waals surface area (Å²) in [7, 11) is 0. The number of halogens is 1. The molecule has 0 radical (unpaired) electrons. The molecule has 4 aromatic rings. The number of hydrogen-bond acceptors (Lipinski definition) is 8. The Kier molecular flexibility index (Phi) is 9.87. The summed E-state index contributed by atoms with van der Waals surface area (Å²) in [6.07, 6.45) is 1.79. The molecule has 0 bridgehead atoms. The van der Waals surface area contributed by atoms with Crippen LogP contribution in [-0.4, -0.2) is 30.4 Å². The van der Waals surface area contributed by atoms with E-state index in [1.54, 1.807) is 30.6 Å². The molecule has 2 heterocycles. The molecule has 1 aliphatic rings. The van der Waals surface area contributed by atoms with Crippen LogP contribution in [0, 0.1) is 0 Å². The average Bonchev–Trinajstić information content (AvgIpc) is 3.31. The molecule has 0 unspecified atom stereocenters. The number of thiazole rings is 1. The number of rotatable bonds is 11. The van der Waals surface area contributed by atoms with Crippen LogP contribution in [0.1, 0.15) is 50.4 Å². The molecule has 8 nitrogen and oxygen atoms in total. The van der Waals surface area contributed by atoms with Crippen molar-refractivity contribution in [3.8, 4) is 17.2 Å². The second-order valence-corrected chi connectivity index (χ2v) is 11.2. The van der Waals surface area contributed by atoms with E-state index in [2.05, 4.69) is 4.99 Å². The highest BCUT2D eigenvalue weighted by Gasteiger charge is 2.34. The Hall–Kier alpha value is -4.34. The summed E-state index contributed by atoms with van der Waals surface area (Å²) in [6.45, 7) is 8.62. The van der Waals surface area contributed by atoms with Gasteiger partial charge in [0, 0.05) is 16.1 Å². The number of para-hydroxylation sites is 1. The number of fused-ring (bicyclic) bond motifs is 1. The van der Waals surface area contributed by atoms with Gasteiger partial charge in [0.05, 0.1) is 41.7 Å². The van der Waals surface area contributed by atoms with Gasteiger partial charge in [-0.15, -0.1) is 0 Å². The maximum atomic E-state index is 14.1. The van der Waals surface area contributed by atoms with Gasteiger partial charge in [0.1, 0.15) is 12.4 Å². The first-order valence-corrected chi connectivity index (χ1v) is 15.6. The molecule has 3 aromatic carbocycles. The number of nitrogens with zero attached hydrogens (tertiary/aromatic N) is 2. The molecular formula is C34H33ClN2O6S. The van der Waals surface area contributed by atoms with E-state index in [4.69, 9.17) is 30.5 Å². The first-order valence-electron chi connectivity index (χ1n) is 14.4. The normalized spacial score (nSPS) is 14.6. The van der Waals surface area contributed by atoms with Gasteiger partial charge in [-0.1, -0.05) is 65.4 Å². The van der Waals surface area contributed by atoms with Crippen LogP contribution >= 0.6 is 22.9 Å². The fraction of sp³-hybridized carbons (Fsp3) is 0.265. The van der Waals surface area contributed by atoms with Gasteiger partial charge in [-0.05, 0) is 63.6 Å². The fourth-order valence-corrected chi connectivity index (χ4v) is 6.22. The highest BCUT2D eigenvalue weighted by atomic mass is 35.5. The van der Waals surface area contributed by atoms with E-state index in [-0.39, 0.29) is 18.8 Å². The van der Waals surface area contributed by atoms with Gasteiger partial charge in [-0.25, -0.2) is 9.79 Å². The Morgan fingerprint density at radius 1 is 0.932 bits per heavy atom. The molecule has 44 heavy (non-hydrogen) atoms. The van der Waals surface area contributed by atoms with Crippen molar-refractivity contribution in [2.24, 2.45) is 4.99 Å². The third kappa shape index (κ3) is 6.44. The molecular weight excluding hydrogens is 600 g/mol. The summed E-state index contributed by atoms with van der Waals surface area (Å²) in [4.78, 5) is 32.6. The number of allylic oxidation sites excluding steroid dienone is 1. The Morgan fingerprint density at radius 3 is 2.41 bits per heavy atom. The molecule has 0 saturated heterocycles. The number of hydrogen-bond donors (Lipinski definition) is 0. The molecule has 1 atom stereocenters. The van der Waals surface area contributed by atoms with Gasteiger partial charge < -0.3 is 18.9 Å². The van der Waals surface area contributed by atoms with Crippen LogP contribution in [0.3, 0.4) is 0 Å². The minimum absolute atomic E-state index is 0.186. The second-order valence-electron chi connectivity index (χ2n) is 9.79. The molecule has 0 amide bonds. The van der Waals surface area contributed by atoms with Gasteiger partial charge >= 0.3 is 5.97 Å². The van der Waals surface area contributed by atoms with Crippen LogP contribution in [-0.2, 0) is 16.1 Å². The minimum atomic E-state index is -0.783. The van der Waals surface area contributed by atoms with E-state index in [0.717, 1.165) is 11.1 Å². The predicted octanol–water partition coefficient (Wildman–Crippen LogP) is 5.83. The average molecular weight is 633 g/mol. The molecule has 228 valence electrons. The number of carbonyl (C=O) groups excluding carboxylic acids is 1. The lowest BCUT2D eigenvalue weighted by atomic mass is 9.95. The fourth-order valence-electron chi connectivity index (χ4n) is 4.99. The maximum Gasteiger partial charge on any atom is 0.338 e. The molecule has 1 aromatic heterocycles. The second kappa shape index (κ2) is 14.0. The Labute approximate surface area is 264 Å². The highest BCUT2D eigenvalue weighted by molar-refractivity contribution is 7.07. The van der Waals surface area contributed by atoms with Gasteiger partial charge in [0.2, 0.25) is 0 Å². The van der Waals surface area contributed by atoms with Crippen LogP contribution in [0.25, 0.3) is 6.08 Å². The Bertz CT molecular complexity index is 1890. The summed E-state index contributed by atoms with van der Waals surface area (Å²) in [5, 5.41) is 0.618. The molecule has 0 fully saturated rings. The van der Waals surface area contributed by atoms with Gasteiger partial charge in [-0.2, -0.15) is 0 Å². The van der Waals surface area contributed by atoms with Crippen LogP contribution < -0.4 is 29.1 Å². The molecule has 0 spiro atoms.